The van der Waals surface area contributed by atoms with E-state index in [0.29, 0.717) is 10.0 Å². The third-order valence-electron chi connectivity index (χ3n) is 5.10. The minimum absolute atomic E-state index is 0.0212. The van der Waals surface area contributed by atoms with Crippen molar-refractivity contribution >= 4 is 35.0 Å². The second-order valence-corrected chi connectivity index (χ2v) is 8.10. The van der Waals surface area contributed by atoms with E-state index in [4.69, 9.17) is 23.2 Å². The van der Waals surface area contributed by atoms with Gasteiger partial charge in [-0.1, -0.05) is 23.2 Å². The lowest BCUT2D eigenvalue weighted by Crippen LogP contribution is -2.53. The summed E-state index contributed by atoms with van der Waals surface area (Å²) in [6.07, 6.45) is -3.95. The molecule has 3 rings (SSSR count). The summed E-state index contributed by atoms with van der Waals surface area (Å²) in [6.45, 7) is 0.268. The highest BCUT2D eigenvalue weighted by Crippen LogP contribution is 2.41. The van der Waals surface area contributed by atoms with Gasteiger partial charge in [-0.2, -0.15) is 13.2 Å². The maximum atomic E-state index is 13.6. The number of amides is 2. The summed E-state index contributed by atoms with van der Waals surface area (Å²) in [5, 5.41) is 11.0. The zero-order valence-corrected chi connectivity index (χ0v) is 17.9. The Labute approximate surface area is 186 Å². The highest BCUT2D eigenvalue weighted by atomic mass is 35.5. The van der Waals surface area contributed by atoms with E-state index in [0.717, 1.165) is 10.8 Å². The molecule has 0 aliphatic carbocycles. The Balaban J connectivity index is 1.68. The van der Waals surface area contributed by atoms with Gasteiger partial charge >= 0.3 is 6.18 Å². The highest BCUT2D eigenvalue weighted by molar-refractivity contribution is 6.35. The number of hydrogen-bond acceptors (Lipinski definition) is 4. The topological polar surface area (TPSA) is 78.7 Å². The molecule has 12 heteroatoms. The van der Waals surface area contributed by atoms with E-state index in [-0.39, 0.29) is 37.6 Å². The standard InChI is InChI=1S/C19H19Cl2F3N4O3/c1-26-3-2-25-17(26)18(31,19(22,23)24)11-15(29)27-4-6-28(7-5-27)16(30)12-8-13(20)10-14(21)9-12/h2-3,8-10,31H,4-7,11H2,1H3. The number of aliphatic hydroxyl groups is 1. The van der Waals surface area contributed by atoms with Crippen molar-refractivity contribution < 1.29 is 27.9 Å². The fourth-order valence-corrected chi connectivity index (χ4v) is 3.95. The molecule has 1 saturated heterocycles. The van der Waals surface area contributed by atoms with E-state index >= 15 is 0 Å². The Morgan fingerprint density at radius 2 is 1.61 bits per heavy atom. The Bertz CT molecular complexity index is 970. The summed E-state index contributed by atoms with van der Waals surface area (Å²) >= 11 is 11.8. The van der Waals surface area contributed by atoms with Gasteiger partial charge in [0.2, 0.25) is 11.5 Å². The summed E-state index contributed by atoms with van der Waals surface area (Å²) in [7, 11) is 1.30. The van der Waals surface area contributed by atoms with Crippen LogP contribution in [0.15, 0.2) is 30.6 Å². The lowest BCUT2D eigenvalue weighted by Gasteiger charge is -2.37. The van der Waals surface area contributed by atoms with E-state index in [1.807, 2.05) is 0 Å². The van der Waals surface area contributed by atoms with Gasteiger partial charge in [-0.3, -0.25) is 9.59 Å². The van der Waals surface area contributed by atoms with Crippen LogP contribution in [0.25, 0.3) is 0 Å². The fraction of sp³-hybridized carbons (Fsp3) is 0.421. The average molecular weight is 479 g/mol. The SMILES string of the molecule is Cn1ccnc1C(O)(CC(=O)N1CCN(C(=O)c2cc(Cl)cc(Cl)c2)CC1)C(F)(F)F. The van der Waals surface area contributed by atoms with E-state index in [9.17, 15) is 27.9 Å². The Morgan fingerprint density at radius 3 is 2.10 bits per heavy atom. The normalized spacial score (nSPS) is 16.9. The Morgan fingerprint density at radius 1 is 1.06 bits per heavy atom. The first kappa shape index (κ1) is 23.4. The number of hydrogen-bond donors (Lipinski definition) is 1. The second kappa shape index (κ2) is 8.68. The van der Waals surface area contributed by atoms with Gasteiger partial charge in [0.05, 0.1) is 6.42 Å². The summed E-state index contributed by atoms with van der Waals surface area (Å²) < 4.78 is 42.0. The maximum Gasteiger partial charge on any atom is 0.425 e. The molecule has 2 heterocycles. The number of carbonyl (C=O) groups excluding carboxylic acids is 2. The van der Waals surface area contributed by atoms with Crippen molar-refractivity contribution in [3.05, 3.63) is 52.0 Å². The van der Waals surface area contributed by atoms with Crippen molar-refractivity contribution in [2.45, 2.75) is 18.2 Å². The molecule has 0 bridgehead atoms. The van der Waals surface area contributed by atoms with E-state index in [1.54, 1.807) is 0 Å². The molecule has 1 aromatic heterocycles. The summed E-state index contributed by atoms with van der Waals surface area (Å²) in [4.78, 5) is 31.5. The molecule has 0 radical (unpaired) electrons. The van der Waals surface area contributed by atoms with Crippen LogP contribution in [0.4, 0.5) is 13.2 Å². The predicted molar refractivity (Wildman–Crippen MR) is 107 cm³/mol. The van der Waals surface area contributed by atoms with Crippen LogP contribution in [0, 0.1) is 0 Å². The molecule has 0 saturated carbocycles. The van der Waals surface area contributed by atoms with Gasteiger partial charge in [-0.15, -0.1) is 0 Å². The van der Waals surface area contributed by atoms with Crippen molar-refractivity contribution in [3.63, 3.8) is 0 Å². The first-order chi connectivity index (χ1) is 14.4. The molecule has 2 aromatic rings. The van der Waals surface area contributed by atoms with Crippen LogP contribution in [0.3, 0.4) is 0 Å². The van der Waals surface area contributed by atoms with Crippen LogP contribution in [-0.4, -0.2) is 68.6 Å². The van der Waals surface area contributed by atoms with Gasteiger partial charge in [0.15, 0.2) is 5.82 Å². The number of halogens is 5. The zero-order chi connectivity index (χ0) is 23.0. The number of carbonyl (C=O) groups is 2. The third kappa shape index (κ3) is 4.81. The van der Waals surface area contributed by atoms with Gasteiger partial charge in [0.25, 0.3) is 5.91 Å². The molecule has 1 unspecified atom stereocenters. The van der Waals surface area contributed by atoms with Crippen LogP contribution in [0.1, 0.15) is 22.6 Å². The first-order valence-corrected chi connectivity index (χ1v) is 9.98. The van der Waals surface area contributed by atoms with Crippen LogP contribution in [0.2, 0.25) is 10.0 Å². The molecule has 0 spiro atoms. The fourth-order valence-electron chi connectivity index (χ4n) is 3.42. The lowest BCUT2D eigenvalue weighted by atomic mass is 9.96. The van der Waals surface area contributed by atoms with E-state index in [1.165, 1.54) is 41.2 Å². The third-order valence-corrected chi connectivity index (χ3v) is 5.53. The first-order valence-electron chi connectivity index (χ1n) is 9.22. The van der Waals surface area contributed by atoms with Gasteiger partial charge in [-0.05, 0) is 18.2 Å². The van der Waals surface area contributed by atoms with Gasteiger partial charge in [-0.25, -0.2) is 4.98 Å². The van der Waals surface area contributed by atoms with Crippen molar-refractivity contribution in [1.29, 1.82) is 0 Å². The van der Waals surface area contributed by atoms with Gasteiger partial charge in [0.1, 0.15) is 0 Å². The van der Waals surface area contributed by atoms with Gasteiger partial charge < -0.3 is 19.5 Å². The monoisotopic (exact) mass is 478 g/mol. The van der Waals surface area contributed by atoms with Crippen molar-refractivity contribution in [3.8, 4) is 0 Å². The van der Waals surface area contributed by atoms with Gasteiger partial charge in [0, 0.05) is 61.2 Å². The molecule has 1 aliphatic rings. The minimum atomic E-state index is -5.11. The van der Waals surface area contributed by atoms with Crippen molar-refractivity contribution in [2.75, 3.05) is 26.2 Å². The summed E-state index contributed by atoms with van der Waals surface area (Å²) in [6, 6.07) is 4.41. The lowest BCUT2D eigenvalue weighted by molar-refractivity contribution is -0.272. The number of alkyl halides is 3. The number of aromatic nitrogens is 2. The molecule has 1 fully saturated rings. The number of aryl methyl sites for hydroxylation is 1. The molecule has 7 nitrogen and oxygen atoms in total. The largest absolute Gasteiger partial charge is 0.425 e. The molecular weight excluding hydrogens is 460 g/mol. The van der Waals surface area contributed by atoms with E-state index in [2.05, 4.69) is 4.98 Å². The number of piperazine rings is 1. The van der Waals surface area contributed by atoms with Crippen LogP contribution >= 0.6 is 23.2 Å². The number of rotatable bonds is 4. The molecule has 1 N–H and O–H groups in total. The summed E-state index contributed by atoms with van der Waals surface area (Å²) in [5.41, 5.74) is -3.15. The smallest absolute Gasteiger partial charge is 0.374 e. The molecular formula is C19H19Cl2F3N4O3. The zero-order valence-electron chi connectivity index (χ0n) is 16.4. The number of imidazole rings is 1. The Hall–Kier alpha value is -2.30. The molecule has 1 aliphatic heterocycles. The number of benzene rings is 1. The average Bonchev–Trinajstić information content (AvgIpc) is 3.12. The minimum Gasteiger partial charge on any atom is -0.374 e. The van der Waals surface area contributed by atoms with E-state index < -0.39 is 29.9 Å². The number of nitrogens with zero attached hydrogens (tertiary/aromatic N) is 4. The second-order valence-electron chi connectivity index (χ2n) is 7.23. The van der Waals surface area contributed by atoms with Crippen molar-refractivity contribution in [1.82, 2.24) is 19.4 Å². The summed E-state index contributed by atoms with van der Waals surface area (Å²) in [5.74, 6) is -1.91. The van der Waals surface area contributed by atoms with Crippen LogP contribution in [0.5, 0.6) is 0 Å². The molecule has 168 valence electrons. The van der Waals surface area contributed by atoms with Crippen LogP contribution in [-0.2, 0) is 17.4 Å². The van der Waals surface area contributed by atoms with Crippen molar-refractivity contribution in [2.24, 2.45) is 7.05 Å². The molecule has 1 aromatic carbocycles. The van der Waals surface area contributed by atoms with Crippen LogP contribution < -0.4 is 0 Å². The predicted octanol–water partition coefficient (Wildman–Crippen LogP) is 2.85. The molecule has 1 atom stereocenters. The Kier molecular flexibility index (Phi) is 6.54. The highest BCUT2D eigenvalue weighted by Gasteiger charge is 2.59. The quantitative estimate of drug-likeness (QED) is 0.732. The molecule has 31 heavy (non-hydrogen) atoms. The molecule has 2 amide bonds. The maximum absolute atomic E-state index is 13.6.